The molecule has 1 aliphatic rings. The summed E-state index contributed by atoms with van der Waals surface area (Å²) in [5, 5.41) is 5.47. The van der Waals surface area contributed by atoms with Crippen molar-refractivity contribution < 1.29 is 14.4 Å². The number of anilines is 1. The molecule has 1 aromatic carbocycles. The number of amides is 4. The Morgan fingerprint density at radius 3 is 2.58 bits per heavy atom. The third-order valence-corrected chi connectivity index (χ3v) is 4.29. The molecule has 1 aromatic rings. The first kappa shape index (κ1) is 18.0. The van der Waals surface area contributed by atoms with Crippen molar-refractivity contribution in [2.24, 2.45) is 5.92 Å². The molecule has 1 aliphatic heterocycles. The van der Waals surface area contributed by atoms with Crippen molar-refractivity contribution in [3.63, 3.8) is 0 Å². The lowest BCUT2D eigenvalue weighted by molar-refractivity contribution is -0.133. The van der Waals surface area contributed by atoms with Crippen LogP contribution in [0, 0.1) is 12.8 Å². The van der Waals surface area contributed by atoms with E-state index in [9.17, 15) is 14.4 Å². The molecule has 0 bridgehead atoms. The van der Waals surface area contributed by atoms with Gasteiger partial charge in [-0.3, -0.25) is 14.5 Å². The molecular weight excluding hydrogens is 306 g/mol. The lowest BCUT2D eigenvalue weighted by atomic mass is 9.92. The van der Waals surface area contributed by atoms with Crippen LogP contribution in [0.5, 0.6) is 0 Å². The smallest absolute Gasteiger partial charge is 0.324 e. The van der Waals surface area contributed by atoms with Crippen LogP contribution in [-0.4, -0.2) is 34.8 Å². The number of carbonyl (C=O) groups excluding carboxylic acids is 3. The van der Waals surface area contributed by atoms with Crippen LogP contribution in [0.2, 0.25) is 0 Å². The van der Waals surface area contributed by atoms with Crippen molar-refractivity contribution in [3.8, 4) is 0 Å². The van der Waals surface area contributed by atoms with Crippen LogP contribution in [0.4, 0.5) is 10.5 Å². The van der Waals surface area contributed by atoms with E-state index in [1.165, 1.54) is 0 Å². The quantitative estimate of drug-likeness (QED) is 0.787. The lowest BCUT2D eigenvalue weighted by Crippen LogP contribution is -2.44. The molecule has 0 saturated carbocycles. The molecular formula is C18H25N3O3. The third kappa shape index (κ3) is 3.93. The number of hydrogen-bond acceptors (Lipinski definition) is 3. The van der Waals surface area contributed by atoms with Gasteiger partial charge in [0.1, 0.15) is 12.1 Å². The van der Waals surface area contributed by atoms with Gasteiger partial charge in [0.25, 0.3) is 5.91 Å². The summed E-state index contributed by atoms with van der Waals surface area (Å²) in [6.45, 7) is 7.45. The normalized spacial score (nSPS) is 20.5. The maximum Gasteiger partial charge on any atom is 0.325 e. The topological polar surface area (TPSA) is 78.5 Å². The molecule has 0 aromatic heterocycles. The molecule has 0 spiro atoms. The molecule has 1 atom stereocenters. The van der Waals surface area contributed by atoms with Gasteiger partial charge in [0.15, 0.2) is 0 Å². The molecule has 24 heavy (non-hydrogen) atoms. The first-order valence-electron chi connectivity index (χ1n) is 8.22. The van der Waals surface area contributed by atoms with Gasteiger partial charge in [0, 0.05) is 5.69 Å². The van der Waals surface area contributed by atoms with Gasteiger partial charge in [-0.1, -0.05) is 32.0 Å². The zero-order chi connectivity index (χ0) is 17.9. The van der Waals surface area contributed by atoms with Crippen molar-refractivity contribution in [2.75, 3.05) is 11.9 Å². The number of rotatable bonds is 6. The summed E-state index contributed by atoms with van der Waals surface area (Å²) in [7, 11) is 0. The average molecular weight is 331 g/mol. The standard InChI is InChI=1S/C18H25N3O3/c1-12(2)9-10-18(4)16(23)21(17(24)20-18)11-15(22)19-14-8-6-5-7-13(14)3/h5-8,12H,9-11H2,1-4H3,(H,19,22)(H,20,24)/t18-/m1/s1. The van der Waals surface area contributed by atoms with E-state index in [1.54, 1.807) is 13.0 Å². The van der Waals surface area contributed by atoms with Gasteiger partial charge in [-0.05, 0) is 44.2 Å². The molecule has 2 N–H and O–H groups in total. The van der Waals surface area contributed by atoms with Gasteiger partial charge in [0.2, 0.25) is 5.91 Å². The zero-order valence-corrected chi connectivity index (χ0v) is 14.7. The van der Waals surface area contributed by atoms with Crippen molar-refractivity contribution in [1.82, 2.24) is 10.2 Å². The molecule has 0 unspecified atom stereocenters. The summed E-state index contributed by atoms with van der Waals surface area (Å²) in [6, 6.07) is 6.85. The van der Waals surface area contributed by atoms with E-state index in [0.717, 1.165) is 16.9 Å². The van der Waals surface area contributed by atoms with E-state index in [0.29, 0.717) is 18.0 Å². The number of hydrogen-bond donors (Lipinski definition) is 2. The fourth-order valence-corrected chi connectivity index (χ4v) is 2.68. The van der Waals surface area contributed by atoms with Crippen LogP contribution >= 0.6 is 0 Å². The van der Waals surface area contributed by atoms with E-state index in [1.807, 2.05) is 25.1 Å². The molecule has 6 nitrogen and oxygen atoms in total. The van der Waals surface area contributed by atoms with Crippen LogP contribution in [-0.2, 0) is 9.59 Å². The van der Waals surface area contributed by atoms with Gasteiger partial charge in [0.05, 0.1) is 0 Å². The van der Waals surface area contributed by atoms with Crippen LogP contribution in [0.3, 0.4) is 0 Å². The number of benzene rings is 1. The Morgan fingerprint density at radius 1 is 1.29 bits per heavy atom. The number of carbonyl (C=O) groups is 3. The fraction of sp³-hybridized carbons (Fsp3) is 0.500. The van der Waals surface area contributed by atoms with Crippen LogP contribution < -0.4 is 10.6 Å². The second-order valence-corrected chi connectivity index (χ2v) is 6.95. The summed E-state index contributed by atoms with van der Waals surface area (Å²) in [4.78, 5) is 37.9. The highest BCUT2D eigenvalue weighted by Gasteiger charge is 2.47. The van der Waals surface area contributed by atoms with Gasteiger partial charge < -0.3 is 10.6 Å². The summed E-state index contributed by atoms with van der Waals surface area (Å²) in [6.07, 6.45) is 1.39. The molecule has 2 rings (SSSR count). The number of nitrogens with one attached hydrogen (secondary N) is 2. The SMILES string of the molecule is Cc1ccccc1NC(=O)CN1C(=O)N[C@](C)(CCC(C)C)C1=O. The van der Waals surface area contributed by atoms with Crippen LogP contribution in [0.15, 0.2) is 24.3 Å². The minimum atomic E-state index is -0.926. The van der Waals surface area contributed by atoms with E-state index in [-0.39, 0.29) is 18.4 Å². The third-order valence-electron chi connectivity index (χ3n) is 4.29. The van der Waals surface area contributed by atoms with Gasteiger partial charge >= 0.3 is 6.03 Å². The van der Waals surface area contributed by atoms with E-state index in [4.69, 9.17) is 0 Å². The van der Waals surface area contributed by atoms with Crippen LogP contribution in [0.1, 0.15) is 39.2 Å². The molecule has 1 fully saturated rings. The minimum absolute atomic E-state index is 0.281. The van der Waals surface area contributed by atoms with Crippen molar-refractivity contribution in [1.29, 1.82) is 0 Å². The molecule has 4 amide bonds. The lowest BCUT2D eigenvalue weighted by Gasteiger charge is -2.22. The molecule has 1 heterocycles. The van der Waals surface area contributed by atoms with Gasteiger partial charge in [-0.15, -0.1) is 0 Å². The number of nitrogens with zero attached hydrogens (tertiary/aromatic N) is 1. The molecule has 130 valence electrons. The fourth-order valence-electron chi connectivity index (χ4n) is 2.68. The van der Waals surface area contributed by atoms with E-state index >= 15 is 0 Å². The number of urea groups is 1. The van der Waals surface area contributed by atoms with Crippen molar-refractivity contribution >= 4 is 23.5 Å². The molecule has 0 radical (unpaired) electrons. The summed E-state index contributed by atoms with van der Waals surface area (Å²) >= 11 is 0. The highest BCUT2D eigenvalue weighted by Crippen LogP contribution is 2.24. The van der Waals surface area contributed by atoms with Crippen molar-refractivity contribution in [2.45, 2.75) is 46.1 Å². The summed E-state index contributed by atoms with van der Waals surface area (Å²) in [5.41, 5.74) is 0.673. The van der Waals surface area contributed by atoms with E-state index in [2.05, 4.69) is 24.5 Å². The first-order valence-corrected chi connectivity index (χ1v) is 8.22. The molecule has 6 heteroatoms. The Morgan fingerprint density at radius 2 is 1.96 bits per heavy atom. The largest absolute Gasteiger partial charge is 0.325 e. The number of para-hydroxylation sites is 1. The second-order valence-electron chi connectivity index (χ2n) is 6.95. The van der Waals surface area contributed by atoms with Crippen LogP contribution in [0.25, 0.3) is 0 Å². The highest BCUT2D eigenvalue weighted by atomic mass is 16.2. The average Bonchev–Trinajstić information content (AvgIpc) is 2.72. The maximum atomic E-state index is 12.6. The minimum Gasteiger partial charge on any atom is -0.324 e. The molecule has 1 saturated heterocycles. The highest BCUT2D eigenvalue weighted by molar-refractivity contribution is 6.09. The predicted octanol–water partition coefficient (Wildman–Crippen LogP) is 2.68. The van der Waals surface area contributed by atoms with E-state index < -0.39 is 11.6 Å². The summed E-state index contributed by atoms with van der Waals surface area (Å²) < 4.78 is 0. The van der Waals surface area contributed by atoms with Gasteiger partial charge in [-0.25, -0.2) is 4.79 Å². The summed E-state index contributed by atoms with van der Waals surface area (Å²) in [5.74, 6) is -0.293. The number of imide groups is 1. The Hall–Kier alpha value is -2.37. The Balaban J connectivity index is 2.02. The van der Waals surface area contributed by atoms with Crippen molar-refractivity contribution in [3.05, 3.63) is 29.8 Å². The Kier molecular flexibility index (Phi) is 5.26. The second kappa shape index (κ2) is 7.03. The zero-order valence-electron chi connectivity index (χ0n) is 14.7. The Bertz CT molecular complexity index is 657. The predicted molar refractivity (Wildman–Crippen MR) is 92.5 cm³/mol. The number of aryl methyl sites for hydroxylation is 1. The maximum absolute atomic E-state index is 12.6. The first-order chi connectivity index (χ1) is 11.2. The monoisotopic (exact) mass is 331 g/mol. The Labute approximate surface area is 142 Å². The molecule has 0 aliphatic carbocycles. The van der Waals surface area contributed by atoms with Gasteiger partial charge in [-0.2, -0.15) is 0 Å².